The lowest BCUT2D eigenvalue weighted by Gasteiger charge is -2.33. The van der Waals surface area contributed by atoms with Crippen LogP contribution in [0, 0.1) is 0 Å². The normalized spacial score (nSPS) is 17.9. The van der Waals surface area contributed by atoms with Gasteiger partial charge in [-0.3, -0.25) is 0 Å². The number of aromatic nitrogens is 4. The molecule has 2 aliphatic rings. The van der Waals surface area contributed by atoms with Crippen LogP contribution in [0.5, 0.6) is 5.88 Å². The number of thioether (sulfide) groups is 1. The summed E-state index contributed by atoms with van der Waals surface area (Å²) in [5.41, 5.74) is 2.53. The van der Waals surface area contributed by atoms with Gasteiger partial charge in [-0.1, -0.05) is 0 Å². The molecule has 0 bridgehead atoms. The molecule has 0 saturated carbocycles. The maximum Gasteiger partial charge on any atom is 0.218 e. The van der Waals surface area contributed by atoms with Gasteiger partial charge in [-0.25, -0.2) is 9.97 Å². The lowest BCUT2D eigenvalue weighted by molar-refractivity contribution is 0.397. The maximum atomic E-state index is 5.15. The van der Waals surface area contributed by atoms with E-state index in [0.29, 0.717) is 11.9 Å². The molecule has 0 aromatic carbocycles. The molecule has 132 valence electrons. The summed E-state index contributed by atoms with van der Waals surface area (Å²) in [7, 11) is 1.61. The first-order chi connectivity index (χ1) is 12.3. The quantitative estimate of drug-likeness (QED) is 0.891. The zero-order chi connectivity index (χ0) is 17.1. The van der Waals surface area contributed by atoms with Gasteiger partial charge in [0.05, 0.1) is 12.8 Å². The standard InChI is InChI=1S/C17H22N6OS/c1-24-17-9-15(18-11-19-17)20-13-2-5-23(6-3-13)16-8-12-10-25-7-4-14(12)21-22-16/h8-9,11,13H,2-7,10H2,1H3,(H,18,19,20). The van der Waals surface area contributed by atoms with Crippen molar-refractivity contribution in [3.05, 3.63) is 29.7 Å². The predicted molar refractivity (Wildman–Crippen MR) is 99.3 cm³/mol. The van der Waals surface area contributed by atoms with Crippen molar-refractivity contribution in [3.8, 4) is 5.88 Å². The van der Waals surface area contributed by atoms with Crippen molar-refractivity contribution in [2.24, 2.45) is 0 Å². The van der Waals surface area contributed by atoms with Crippen LogP contribution in [0.1, 0.15) is 24.1 Å². The lowest BCUT2D eigenvalue weighted by atomic mass is 10.0. The van der Waals surface area contributed by atoms with E-state index in [1.165, 1.54) is 17.6 Å². The van der Waals surface area contributed by atoms with Gasteiger partial charge in [0.1, 0.15) is 12.1 Å². The minimum Gasteiger partial charge on any atom is -0.481 e. The summed E-state index contributed by atoms with van der Waals surface area (Å²) in [6, 6.07) is 4.47. The number of fused-ring (bicyclic) bond motifs is 1. The summed E-state index contributed by atoms with van der Waals surface area (Å²) >= 11 is 1.98. The second-order valence-electron chi connectivity index (χ2n) is 6.33. The number of ether oxygens (including phenoxy) is 1. The minimum absolute atomic E-state index is 0.400. The van der Waals surface area contributed by atoms with Crippen molar-refractivity contribution in [1.82, 2.24) is 20.2 Å². The number of aryl methyl sites for hydroxylation is 1. The third kappa shape index (κ3) is 3.78. The average Bonchev–Trinajstić information content (AvgIpc) is 2.68. The fraction of sp³-hybridized carbons (Fsp3) is 0.529. The molecule has 2 aromatic rings. The Kier molecular flexibility index (Phi) is 4.87. The van der Waals surface area contributed by atoms with Gasteiger partial charge in [0, 0.05) is 37.4 Å². The zero-order valence-corrected chi connectivity index (χ0v) is 15.1. The number of hydrogen-bond acceptors (Lipinski definition) is 8. The smallest absolute Gasteiger partial charge is 0.218 e. The van der Waals surface area contributed by atoms with E-state index in [9.17, 15) is 0 Å². The highest BCUT2D eigenvalue weighted by atomic mass is 32.2. The molecule has 2 aliphatic heterocycles. The third-order valence-electron chi connectivity index (χ3n) is 4.71. The van der Waals surface area contributed by atoms with Gasteiger partial charge in [-0.15, -0.1) is 5.10 Å². The van der Waals surface area contributed by atoms with E-state index in [-0.39, 0.29) is 0 Å². The van der Waals surface area contributed by atoms with E-state index < -0.39 is 0 Å². The van der Waals surface area contributed by atoms with Crippen LogP contribution in [0.4, 0.5) is 11.6 Å². The molecule has 0 unspecified atom stereocenters. The van der Waals surface area contributed by atoms with Crippen molar-refractivity contribution in [1.29, 1.82) is 0 Å². The summed E-state index contributed by atoms with van der Waals surface area (Å²) in [5, 5.41) is 12.4. The summed E-state index contributed by atoms with van der Waals surface area (Å²) in [5.74, 6) is 4.63. The molecule has 0 radical (unpaired) electrons. The molecule has 0 aliphatic carbocycles. The molecule has 7 nitrogen and oxygen atoms in total. The third-order valence-corrected chi connectivity index (χ3v) is 5.72. The van der Waals surface area contributed by atoms with Gasteiger partial charge in [-0.2, -0.15) is 16.9 Å². The highest BCUT2D eigenvalue weighted by Crippen LogP contribution is 2.27. The second kappa shape index (κ2) is 7.43. The Hall–Kier alpha value is -2.09. The van der Waals surface area contributed by atoms with Gasteiger partial charge < -0.3 is 15.0 Å². The van der Waals surface area contributed by atoms with Crippen LogP contribution in [0.25, 0.3) is 0 Å². The number of nitrogens with zero attached hydrogens (tertiary/aromatic N) is 5. The highest BCUT2D eigenvalue weighted by molar-refractivity contribution is 7.98. The van der Waals surface area contributed by atoms with Crippen LogP contribution >= 0.6 is 11.8 Å². The molecule has 8 heteroatoms. The second-order valence-corrected chi connectivity index (χ2v) is 7.43. The van der Waals surface area contributed by atoms with Crippen molar-refractivity contribution >= 4 is 23.4 Å². The Morgan fingerprint density at radius 2 is 2.08 bits per heavy atom. The molecule has 0 amide bonds. The molecule has 25 heavy (non-hydrogen) atoms. The van der Waals surface area contributed by atoms with Crippen LogP contribution in [0.2, 0.25) is 0 Å². The first-order valence-electron chi connectivity index (χ1n) is 8.62. The fourth-order valence-corrected chi connectivity index (χ4v) is 4.23. The summed E-state index contributed by atoms with van der Waals surface area (Å²) in [4.78, 5) is 10.6. The van der Waals surface area contributed by atoms with Gasteiger partial charge in [0.15, 0.2) is 5.82 Å². The molecule has 1 fully saturated rings. The Balaban J connectivity index is 1.36. The molecule has 4 heterocycles. The van der Waals surface area contributed by atoms with Crippen molar-refractivity contribution in [2.45, 2.75) is 31.1 Å². The van der Waals surface area contributed by atoms with Crippen molar-refractivity contribution < 1.29 is 4.74 Å². The number of nitrogens with one attached hydrogen (secondary N) is 1. The number of hydrogen-bond donors (Lipinski definition) is 1. The van der Waals surface area contributed by atoms with E-state index in [1.807, 2.05) is 17.8 Å². The van der Waals surface area contributed by atoms with Crippen LogP contribution in [-0.4, -0.2) is 52.2 Å². The molecular formula is C17H22N6OS. The van der Waals surface area contributed by atoms with E-state index in [0.717, 1.165) is 55.5 Å². The number of rotatable bonds is 4. The highest BCUT2D eigenvalue weighted by Gasteiger charge is 2.22. The number of anilines is 2. The Morgan fingerprint density at radius 1 is 1.20 bits per heavy atom. The van der Waals surface area contributed by atoms with Gasteiger partial charge in [0.2, 0.25) is 5.88 Å². The van der Waals surface area contributed by atoms with Crippen LogP contribution in [-0.2, 0) is 12.2 Å². The molecule has 2 aromatic heterocycles. The minimum atomic E-state index is 0.400. The topological polar surface area (TPSA) is 76.1 Å². The molecule has 1 N–H and O–H groups in total. The van der Waals surface area contributed by atoms with Crippen LogP contribution in [0.3, 0.4) is 0 Å². The molecule has 0 spiro atoms. The fourth-order valence-electron chi connectivity index (χ4n) is 3.28. The Labute approximate surface area is 151 Å². The van der Waals surface area contributed by atoms with E-state index >= 15 is 0 Å². The summed E-state index contributed by atoms with van der Waals surface area (Å²) in [6.45, 7) is 1.95. The van der Waals surface area contributed by atoms with Crippen LogP contribution < -0.4 is 15.0 Å². The van der Waals surface area contributed by atoms with Crippen LogP contribution in [0.15, 0.2) is 18.5 Å². The van der Waals surface area contributed by atoms with Crippen molar-refractivity contribution in [3.63, 3.8) is 0 Å². The average molecular weight is 358 g/mol. The molecular weight excluding hydrogens is 336 g/mol. The molecule has 4 rings (SSSR count). The Morgan fingerprint density at radius 3 is 2.92 bits per heavy atom. The predicted octanol–water partition coefficient (Wildman–Crippen LogP) is 2.15. The zero-order valence-electron chi connectivity index (χ0n) is 14.3. The van der Waals surface area contributed by atoms with E-state index in [1.54, 1.807) is 7.11 Å². The van der Waals surface area contributed by atoms with Gasteiger partial charge in [0.25, 0.3) is 0 Å². The number of piperidine rings is 1. The number of methoxy groups -OCH3 is 1. The van der Waals surface area contributed by atoms with Gasteiger partial charge in [-0.05, 0) is 30.2 Å². The largest absolute Gasteiger partial charge is 0.481 e. The molecule has 1 saturated heterocycles. The maximum absolute atomic E-state index is 5.15. The van der Waals surface area contributed by atoms with E-state index in [2.05, 4.69) is 36.4 Å². The van der Waals surface area contributed by atoms with E-state index in [4.69, 9.17) is 4.74 Å². The van der Waals surface area contributed by atoms with Crippen molar-refractivity contribution in [2.75, 3.05) is 36.2 Å². The first-order valence-corrected chi connectivity index (χ1v) is 9.78. The monoisotopic (exact) mass is 358 g/mol. The summed E-state index contributed by atoms with van der Waals surface area (Å²) < 4.78 is 5.15. The van der Waals surface area contributed by atoms with Gasteiger partial charge >= 0.3 is 0 Å². The molecule has 0 atom stereocenters. The summed E-state index contributed by atoms with van der Waals surface area (Å²) in [6.07, 6.45) is 4.65. The lowest BCUT2D eigenvalue weighted by Crippen LogP contribution is -2.39. The first kappa shape index (κ1) is 16.4. The SMILES string of the molecule is COc1cc(NC2CCN(c3cc4c(nn3)CCSC4)CC2)ncn1. The Bertz CT molecular complexity index is 735.